The van der Waals surface area contributed by atoms with Gasteiger partial charge >= 0.3 is 0 Å². The molecule has 2 aromatic rings. The summed E-state index contributed by atoms with van der Waals surface area (Å²) >= 11 is 0. The van der Waals surface area contributed by atoms with Crippen LogP contribution in [0, 0.1) is 5.82 Å². The Bertz CT molecular complexity index is 703. The summed E-state index contributed by atoms with van der Waals surface area (Å²) in [6, 6.07) is 9.44. The Kier molecular flexibility index (Phi) is 4.36. The van der Waals surface area contributed by atoms with Gasteiger partial charge < -0.3 is 14.4 Å². The highest BCUT2D eigenvalue weighted by atomic mass is 19.1. The van der Waals surface area contributed by atoms with E-state index in [1.54, 1.807) is 28.8 Å². The number of hydrogen-bond acceptors (Lipinski definition) is 3. The van der Waals surface area contributed by atoms with Gasteiger partial charge in [-0.3, -0.25) is 4.79 Å². The molecule has 0 radical (unpaired) electrons. The molecule has 1 fully saturated rings. The fourth-order valence-corrected chi connectivity index (χ4v) is 2.79. The van der Waals surface area contributed by atoms with Crippen LogP contribution >= 0.6 is 0 Å². The lowest BCUT2D eigenvalue weighted by atomic mass is 10.1. The van der Waals surface area contributed by atoms with Gasteiger partial charge in [-0.05, 0) is 54.8 Å². The molecule has 22 heavy (non-hydrogen) atoms. The molecule has 0 aliphatic carbocycles. The Morgan fingerprint density at radius 3 is 2.64 bits per heavy atom. The smallest absolute Gasteiger partial charge is 0.256 e. The number of benzene rings is 1. The monoisotopic (exact) mass is 303 g/mol. The lowest BCUT2D eigenvalue weighted by molar-refractivity contribution is 0.0963. The summed E-state index contributed by atoms with van der Waals surface area (Å²) < 4.78 is 20.3. The first-order chi connectivity index (χ1) is 10.7. The van der Waals surface area contributed by atoms with Crippen molar-refractivity contribution < 1.29 is 14.2 Å². The van der Waals surface area contributed by atoms with E-state index >= 15 is 0 Å². The van der Waals surface area contributed by atoms with Gasteiger partial charge in [0.1, 0.15) is 5.82 Å². The van der Waals surface area contributed by atoms with Gasteiger partial charge in [0.25, 0.3) is 5.56 Å². The molecule has 1 saturated heterocycles. The van der Waals surface area contributed by atoms with Gasteiger partial charge in [-0.25, -0.2) is 4.39 Å². The molecule has 5 heteroatoms. The van der Waals surface area contributed by atoms with E-state index in [1.165, 1.54) is 12.1 Å². The van der Waals surface area contributed by atoms with Crippen molar-refractivity contribution in [3.05, 3.63) is 58.1 Å². The Labute approximate surface area is 127 Å². The van der Waals surface area contributed by atoms with E-state index in [4.69, 9.17) is 4.74 Å². The highest BCUT2D eigenvalue weighted by Crippen LogP contribution is 2.21. The molecule has 1 unspecified atom stereocenters. The first-order valence-corrected chi connectivity index (χ1v) is 7.40. The van der Waals surface area contributed by atoms with Crippen molar-refractivity contribution >= 4 is 0 Å². The van der Waals surface area contributed by atoms with Crippen LogP contribution in [0.25, 0.3) is 11.3 Å². The molecule has 0 bridgehead atoms. The molecule has 3 rings (SSSR count). The molecular weight excluding hydrogens is 285 g/mol. The topological polar surface area (TPSA) is 51.5 Å². The molecule has 1 aliphatic rings. The Hall–Kier alpha value is -1.98. The van der Waals surface area contributed by atoms with E-state index in [-0.39, 0.29) is 24.1 Å². The maximum absolute atomic E-state index is 13.1. The molecule has 0 spiro atoms. The Morgan fingerprint density at radius 2 is 2.00 bits per heavy atom. The van der Waals surface area contributed by atoms with Gasteiger partial charge in [-0.2, -0.15) is 0 Å². The van der Waals surface area contributed by atoms with E-state index in [1.807, 2.05) is 0 Å². The fourth-order valence-electron chi connectivity index (χ4n) is 2.79. The number of aromatic nitrogens is 1. The third-order valence-electron chi connectivity index (χ3n) is 3.97. The fraction of sp³-hybridized carbons (Fsp3) is 0.353. The number of pyridine rings is 1. The van der Waals surface area contributed by atoms with Crippen LogP contribution in [-0.4, -0.2) is 22.4 Å². The molecule has 116 valence electrons. The van der Waals surface area contributed by atoms with Gasteiger partial charge in [0.15, 0.2) is 0 Å². The van der Waals surface area contributed by atoms with Crippen LogP contribution in [0.15, 0.2) is 41.2 Å². The largest absolute Gasteiger partial charge is 0.391 e. The Balaban J connectivity index is 2.06. The van der Waals surface area contributed by atoms with E-state index in [0.29, 0.717) is 24.4 Å². The molecule has 0 amide bonds. The van der Waals surface area contributed by atoms with Crippen LogP contribution in [0.3, 0.4) is 0 Å². The van der Waals surface area contributed by atoms with Gasteiger partial charge in [0.2, 0.25) is 0 Å². The third kappa shape index (κ3) is 2.96. The Morgan fingerprint density at radius 1 is 1.23 bits per heavy atom. The zero-order valence-electron chi connectivity index (χ0n) is 12.2. The number of ether oxygens (including phenoxy) is 1. The second-order valence-electron chi connectivity index (χ2n) is 5.46. The molecule has 4 nitrogen and oxygen atoms in total. The molecule has 1 aromatic heterocycles. The van der Waals surface area contributed by atoms with Crippen molar-refractivity contribution in [2.45, 2.75) is 32.1 Å². The summed E-state index contributed by atoms with van der Waals surface area (Å²) in [6.45, 7) is 0.860. The standard InChI is InChI=1S/C17H18FNO3/c18-14-6-3-12(4-7-14)16-8-5-13(11-20)17(21)19(16)10-15-2-1-9-22-15/h3-8,15,20H,1-2,9-11H2. The first kappa shape index (κ1) is 14.9. The first-order valence-electron chi connectivity index (χ1n) is 7.40. The second kappa shape index (κ2) is 6.42. The number of aliphatic hydroxyl groups excluding tert-OH is 1. The predicted molar refractivity (Wildman–Crippen MR) is 81.0 cm³/mol. The van der Waals surface area contributed by atoms with Crippen LogP contribution in [0.4, 0.5) is 4.39 Å². The van der Waals surface area contributed by atoms with E-state index in [0.717, 1.165) is 18.4 Å². The average molecular weight is 303 g/mol. The van der Waals surface area contributed by atoms with Crippen molar-refractivity contribution in [2.75, 3.05) is 6.61 Å². The van der Waals surface area contributed by atoms with E-state index in [2.05, 4.69) is 0 Å². The van der Waals surface area contributed by atoms with Crippen molar-refractivity contribution in [3.63, 3.8) is 0 Å². The number of hydrogen-bond donors (Lipinski definition) is 1. The minimum Gasteiger partial charge on any atom is -0.391 e. The number of halogens is 1. The van der Waals surface area contributed by atoms with Crippen molar-refractivity contribution in [1.82, 2.24) is 4.57 Å². The van der Waals surface area contributed by atoms with Crippen molar-refractivity contribution in [1.29, 1.82) is 0 Å². The summed E-state index contributed by atoms with van der Waals surface area (Å²) in [5, 5.41) is 9.31. The molecule has 1 atom stereocenters. The maximum Gasteiger partial charge on any atom is 0.256 e. The highest BCUT2D eigenvalue weighted by molar-refractivity contribution is 5.59. The maximum atomic E-state index is 13.1. The summed E-state index contributed by atoms with van der Waals surface area (Å²) in [4.78, 5) is 12.5. The molecular formula is C17H18FNO3. The van der Waals surface area contributed by atoms with Crippen LogP contribution in [0.5, 0.6) is 0 Å². The molecule has 1 aromatic carbocycles. The van der Waals surface area contributed by atoms with Crippen molar-refractivity contribution in [3.8, 4) is 11.3 Å². The van der Waals surface area contributed by atoms with Crippen LogP contribution in [0.1, 0.15) is 18.4 Å². The SMILES string of the molecule is O=c1c(CO)ccc(-c2ccc(F)cc2)n1CC1CCCO1. The minimum atomic E-state index is -0.316. The van der Waals surface area contributed by atoms with Crippen LogP contribution < -0.4 is 5.56 Å². The second-order valence-corrected chi connectivity index (χ2v) is 5.46. The minimum absolute atomic E-state index is 0.00541. The van der Waals surface area contributed by atoms with E-state index < -0.39 is 0 Å². The third-order valence-corrected chi connectivity index (χ3v) is 3.97. The summed E-state index contributed by atoms with van der Waals surface area (Å²) in [7, 11) is 0. The number of nitrogens with zero attached hydrogens (tertiary/aromatic N) is 1. The molecule has 1 N–H and O–H groups in total. The van der Waals surface area contributed by atoms with Gasteiger partial charge in [0, 0.05) is 12.2 Å². The summed E-state index contributed by atoms with van der Waals surface area (Å²) in [5.41, 5.74) is 1.60. The van der Waals surface area contributed by atoms with Crippen LogP contribution in [0.2, 0.25) is 0 Å². The van der Waals surface area contributed by atoms with Gasteiger partial charge in [-0.1, -0.05) is 0 Å². The predicted octanol–water partition coefficient (Wildman–Crippen LogP) is 2.33. The lowest BCUT2D eigenvalue weighted by Crippen LogP contribution is -2.29. The summed E-state index contributed by atoms with van der Waals surface area (Å²) in [6.07, 6.45) is 1.91. The zero-order valence-corrected chi connectivity index (χ0v) is 12.2. The van der Waals surface area contributed by atoms with Gasteiger partial charge in [0.05, 0.1) is 24.9 Å². The zero-order chi connectivity index (χ0) is 15.5. The summed E-state index contributed by atoms with van der Waals surface area (Å²) in [5.74, 6) is -0.316. The van der Waals surface area contributed by atoms with Crippen molar-refractivity contribution in [2.24, 2.45) is 0 Å². The van der Waals surface area contributed by atoms with Crippen LogP contribution in [-0.2, 0) is 17.9 Å². The molecule has 0 saturated carbocycles. The molecule has 2 heterocycles. The molecule has 1 aliphatic heterocycles. The number of aliphatic hydroxyl groups is 1. The average Bonchev–Trinajstić information content (AvgIpc) is 3.03. The number of rotatable bonds is 4. The quantitative estimate of drug-likeness (QED) is 0.943. The van der Waals surface area contributed by atoms with Gasteiger partial charge in [-0.15, -0.1) is 0 Å². The van der Waals surface area contributed by atoms with E-state index in [9.17, 15) is 14.3 Å². The highest BCUT2D eigenvalue weighted by Gasteiger charge is 2.19. The normalized spacial score (nSPS) is 17.8. The lowest BCUT2D eigenvalue weighted by Gasteiger charge is -2.17.